The van der Waals surface area contributed by atoms with Crippen molar-refractivity contribution in [2.75, 3.05) is 18.0 Å². The average Bonchev–Trinajstić information content (AvgIpc) is 3.13. The Morgan fingerprint density at radius 2 is 2.00 bits per heavy atom. The first-order valence-electron chi connectivity index (χ1n) is 5.90. The number of aromatic nitrogens is 2. The van der Waals surface area contributed by atoms with Crippen molar-refractivity contribution in [3.05, 3.63) is 17.8 Å². The summed E-state index contributed by atoms with van der Waals surface area (Å²) in [4.78, 5) is 1.99. The van der Waals surface area contributed by atoms with Gasteiger partial charge in [-0.05, 0) is 37.9 Å². The number of hydrogen-bond acceptors (Lipinski definition) is 4. The van der Waals surface area contributed by atoms with E-state index < -0.39 is 11.9 Å². The number of hydrogen-bond donors (Lipinski definition) is 1. The molecule has 0 aliphatic heterocycles. The molecule has 100 valence electrons. The number of nitrogens with two attached hydrogens (primary N) is 1. The van der Waals surface area contributed by atoms with Crippen LogP contribution in [0.4, 0.5) is 19.0 Å². The minimum Gasteiger partial charge on any atom is -0.352 e. The van der Waals surface area contributed by atoms with Crippen LogP contribution in [0.3, 0.4) is 0 Å². The van der Waals surface area contributed by atoms with Gasteiger partial charge in [0.05, 0.1) is 0 Å². The van der Waals surface area contributed by atoms with Gasteiger partial charge in [-0.1, -0.05) is 0 Å². The van der Waals surface area contributed by atoms with Gasteiger partial charge < -0.3 is 10.6 Å². The fourth-order valence-corrected chi connectivity index (χ4v) is 1.76. The SMILES string of the molecule is NCCCN(c1ccc(C(F)(F)F)nn1)C1CC1. The van der Waals surface area contributed by atoms with Crippen molar-refractivity contribution >= 4 is 5.82 Å². The molecule has 1 aromatic rings. The molecule has 1 aliphatic rings. The van der Waals surface area contributed by atoms with Crippen LogP contribution < -0.4 is 10.6 Å². The minimum absolute atomic E-state index is 0.377. The maximum Gasteiger partial charge on any atom is 0.435 e. The van der Waals surface area contributed by atoms with E-state index in [9.17, 15) is 13.2 Å². The molecule has 0 amide bonds. The molecular weight excluding hydrogens is 245 g/mol. The van der Waals surface area contributed by atoms with Crippen molar-refractivity contribution in [3.63, 3.8) is 0 Å². The van der Waals surface area contributed by atoms with Gasteiger partial charge in [-0.3, -0.25) is 0 Å². The van der Waals surface area contributed by atoms with E-state index >= 15 is 0 Å². The number of halogens is 3. The molecule has 0 saturated heterocycles. The van der Waals surface area contributed by atoms with Crippen LogP contribution in [0.1, 0.15) is 25.0 Å². The predicted molar refractivity (Wildman–Crippen MR) is 61.1 cm³/mol. The molecule has 0 bridgehead atoms. The van der Waals surface area contributed by atoms with Gasteiger partial charge in [-0.2, -0.15) is 13.2 Å². The van der Waals surface area contributed by atoms with Crippen LogP contribution in [-0.2, 0) is 6.18 Å². The van der Waals surface area contributed by atoms with Crippen molar-refractivity contribution in [2.24, 2.45) is 5.73 Å². The Kier molecular flexibility index (Phi) is 3.70. The molecule has 0 spiro atoms. The van der Waals surface area contributed by atoms with E-state index in [2.05, 4.69) is 10.2 Å². The maximum absolute atomic E-state index is 12.4. The molecule has 1 fully saturated rings. The summed E-state index contributed by atoms with van der Waals surface area (Å²) >= 11 is 0. The van der Waals surface area contributed by atoms with E-state index in [1.807, 2.05) is 4.90 Å². The lowest BCUT2D eigenvalue weighted by molar-refractivity contribution is -0.141. The van der Waals surface area contributed by atoms with E-state index in [0.717, 1.165) is 25.3 Å². The van der Waals surface area contributed by atoms with Crippen LogP contribution >= 0.6 is 0 Å². The van der Waals surface area contributed by atoms with Gasteiger partial charge >= 0.3 is 6.18 Å². The second-order valence-electron chi connectivity index (χ2n) is 4.34. The Morgan fingerprint density at radius 1 is 1.28 bits per heavy atom. The molecule has 18 heavy (non-hydrogen) atoms. The Morgan fingerprint density at radius 3 is 2.44 bits per heavy atom. The van der Waals surface area contributed by atoms with Gasteiger partial charge in [0.15, 0.2) is 11.5 Å². The van der Waals surface area contributed by atoms with Crippen molar-refractivity contribution < 1.29 is 13.2 Å². The van der Waals surface area contributed by atoms with Gasteiger partial charge in [0.1, 0.15) is 0 Å². The number of rotatable bonds is 5. The van der Waals surface area contributed by atoms with Gasteiger partial charge in [0, 0.05) is 12.6 Å². The van der Waals surface area contributed by atoms with Crippen molar-refractivity contribution in [1.29, 1.82) is 0 Å². The summed E-state index contributed by atoms with van der Waals surface area (Å²) < 4.78 is 37.1. The second-order valence-corrected chi connectivity index (χ2v) is 4.34. The lowest BCUT2D eigenvalue weighted by Crippen LogP contribution is -2.29. The fourth-order valence-electron chi connectivity index (χ4n) is 1.76. The number of nitrogens with zero attached hydrogens (tertiary/aromatic N) is 3. The Labute approximate surface area is 103 Å². The summed E-state index contributed by atoms with van der Waals surface area (Å²) in [5.41, 5.74) is 4.49. The number of alkyl halides is 3. The van der Waals surface area contributed by atoms with E-state index in [0.29, 0.717) is 24.9 Å². The molecule has 0 unspecified atom stereocenters. The standard InChI is InChI=1S/C11H15F3N4/c12-11(13,14)9-4-5-10(17-16-9)18(7-1-6-15)8-2-3-8/h4-5,8H,1-3,6-7,15H2. The Bertz CT molecular complexity index is 386. The normalized spacial score (nSPS) is 15.8. The lowest BCUT2D eigenvalue weighted by Gasteiger charge is -2.22. The summed E-state index contributed by atoms with van der Waals surface area (Å²) in [7, 11) is 0. The molecule has 7 heteroatoms. The third-order valence-corrected chi connectivity index (χ3v) is 2.83. The molecule has 2 rings (SSSR count). The van der Waals surface area contributed by atoms with Gasteiger partial charge in [0.25, 0.3) is 0 Å². The molecule has 1 aliphatic carbocycles. The summed E-state index contributed by atoms with van der Waals surface area (Å²) in [5.74, 6) is 0.499. The summed E-state index contributed by atoms with van der Waals surface area (Å²) in [5, 5.41) is 6.92. The highest BCUT2D eigenvalue weighted by molar-refractivity contribution is 5.40. The Hall–Kier alpha value is -1.37. The summed E-state index contributed by atoms with van der Waals surface area (Å²) in [6, 6.07) is 2.73. The molecule has 1 aromatic heterocycles. The quantitative estimate of drug-likeness (QED) is 0.877. The lowest BCUT2D eigenvalue weighted by atomic mass is 10.3. The maximum atomic E-state index is 12.4. The largest absolute Gasteiger partial charge is 0.435 e. The van der Waals surface area contributed by atoms with Gasteiger partial charge in [0.2, 0.25) is 0 Å². The average molecular weight is 260 g/mol. The first-order chi connectivity index (χ1) is 8.52. The smallest absolute Gasteiger partial charge is 0.352 e. The third-order valence-electron chi connectivity index (χ3n) is 2.83. The van der Waals surface area contributed by atoms with Crippen LogP contribution in [-0.4, -0.2) is 29.3 Å². The van der Waals surface area contributed by atoms with Gasteiger partial charge in [-0.25, -0.2) is 0 Å². The van der Waals surface area contributed by atoms with Crippen LogP contribution in [0, 0.1) is 0 Å². The van der Waals surface area contributed by atoms with E-state index in [-0.39, 0.29) is 0 Å². The highest BCUT2D eigenvalue weighted by Crippen LogP contribution is 2.32. The molecule has 0 atom stereocenters. The first-order valence-corrected chi connectivity index (χ1v) is 5.90. The van der Waals surface area contributed by atoms with Crippen LogP contribution in [0.25, 0.3) is 0 Å². The summed E-state index contributed by atoms with van der Waals surface area (Å²) in [6.07, 6.45) is -1.55. The van der Waals surface area contributed by atoms with Crippen molar-refractivity contribution in [3.8, 4) is 0 Å². The molecule has 1 heterocycles. The molecular formula is C11H15F3N4. The van der Waals surface area contributed by atoms with Crippen molar-refractivity contribution in [1.82, 2.24) is 10.2 Å². The monoisotopic (exact) mass is 260 g/mol. The predicted octanol–water partition coefficient (Wildman–Crippen LogP) is 1.81. The summed E-state index contributed by atoms with van der Waals surface area (Å²) in [6.45, 7) is 1.26. The second kappa shape index (κ2) is 5.09. The zero-order valence-electron chi connectivity index (χ0n) is 9.82. The highest BCUT2D eigenvalue weighted by atomic mass is 19.4. The van der Waals surface area contributed by atoms with Crippen LogP contribution in [0.5, 0.6) is 0 Å². The van der Waals surface area contributed by atoms with Crippen LogP contribution in [0.2, 0.25) is 0 Å². The minimum atomic E-state index is -4.44. The first kappa shape index (κ1) is 13.1. The highest BCUT2D eigenvalue weighted by Gasteiger charge is 2.34. The topological polar surface area (TPSA) is 55.0 Å². The van der Waals surface area contributed by atoms with E-state index in [4.69, 9.17) is 5.73 Å². The molecule has 4 nitrogen and oxygen atoms in total. The van der Waals surface area contributed by atoms with E-state index in [1.165, 1.54) is 6.07 Å². The molecule has 1 saturated carbocycles. The zero-order chi connectivity index (χ0) is 13.2. The fraction of sp³-hybridized carbons (Fsp3) is 0.636. The Balaban J connectivity index is 2.11. The van der Waals surface area contributed by atoms with Gasteiger partial charge in [-0.15, -0.1) is 10.2 Å². The van der Waals surface area contributed by atoms with Crippen LogP contribution in [0.15, 0.2) is 12.1 Å². The third kappa shape index (κ3) is 3.10. The molecule has 0 aromatic carbocycles. The van der Waals surface area contributed by atoms with E-state index in [1.54, 1.807) is 0 Å². The number of anilines is 1. The molecule has 0 radical (unpaired) electrons. The molecule has 2 N–H and O–H groups in total. The zero-order valence-corrected chi connectivity index (χ0v) is 9.82. The van der Waals surface area contributed by atoms with Crippen molar-refractivity contribution in [2.45, 2.75) is 31.5 Å².